The van der Waals surface area contributed by atoms with Gasteiger partial charge in [0, 0.05) is 82.7 Å². The van der Waals surface area contributed by atoms with Crippen LogP contribution in [0.25, 0.3) is 0 Å². The SMILES string of the molecule is c1cncc(COc2nccnc2N2CCN(CCN3CCOCC3)CC2)c1. The molecule has 2 saturated heterocycles. The van der Waals surface area contributed by atoms with E-state index >= 15 is 0 Å². The van der Waals surface area contributed by atoms with Gasteiger partial charge in [-0.3, -0.25) is 14.8 Å². The summed E-state index contributed by atoms with van der Waals surface area (Å²) in [6.07, 6.45) is 6.98. The number of morpholine rings is 1. The summed E-state index contributed by atoms with van der Waals surface area (Å²) in [6.45, 7) is 10.4. The third-order valence-corrected chi connectivity index (χ3v) is 5.25. The number of rotatable bonds is 7. The molecule has 0 saturated carbocycles. The van der Waals surface area contributed by atoms with Gasteiger partial charge in [0.05, 0.1) is 13.2 Å². The average Bonchev–Trinajstić information content (AvgIpc) is 2.78. The highest BCUT2D eigenvalue weighted by Gasteiger charge is 2.22. The van der Waals surface area contributed by atoms with Crippen LogP contribution in [0.4, 0.5) is 5.82 Å². The van der Waals surface area contributed by atoms with Crippen LogP contribution in [0.15, 0.2) is 36.9 Å². The lowest BCUT2D eigenvalue weighted by Crippen LogP contribution is -2.49. The third kappa shape index (κ3) is 5.15. The van der Waals surface area contributed by atoms with Crippen LogP contribution < -0.4 is 9.64 Å². The first-order valence-electron chi connectivity index (χ1n) is 9.98. The Morgan fingerprint density at radius 1 is 0.893 bits per heavy atom. The van der Waals surface area contributed by atoms with Crippen LogP contribution in [0.1, 0.15) is 5.56 Å². The van der Waals surface area contributed by atoms with E-state index in [0.29, 0.717) is 12.5 Å². The normalized spacial score (nSPS) is 18.9. The molecule has 150 valence electrons. The van der Waals surface area contributed by atoms with Gasteiger partial charge >= 0.3 is 0 Å². The molecule has 2 fully saturated rings. The van der Waals surface area contributed by atoms with Crippen LogP contribution in [-0.4, -0.2) is 90.3 Å². The molecule has 0 aromatic carbocycles. The highest BCUT2D eigenvalue weighted by molar-refractivity contribution is 5.48. The smallest absolute Gasteiger partial charge is 0.257 e. The Hall–Kier alpha value is -2.29. The van der Waals surface area contributed by atoms with Crippen molar-refractivity contribution in [1.82, 2.24) is 24.8 Å². The van der Waals surface area contributed by atoms with E-state index < -0.39 is 0 Å². The van der Waals surface area contributed by atoms with Crippen molar-refractivity contribution < 1.29 is 9.47 Å². The summed E-state index contributed by atoms with van der Waals surface area (Å²) in [6, 6.07) is 3.91. The van der Waals surface area contributed by atoms with Gasteiger partial charge < -0.3 is 14.4 Å². The van der Waals surface area contributed by atoms with Gasteiger partial charge in [-0.25, -0.2) is 9.97 Å². The molecule has 28 heavy (non-hydrogen) atoms. The lowest BCUT2D eigenvalue weighted by molar-refractivity contribution is 0.0331. The zero-order valence-electron chi connectivity index (χ0n) is 16.2. The molecule has 0 atom stereocenters. The van der Waals surface area contributed by atoms with Crippen molar-refractivity contribution in [2.75, 3.05) is 70.5 Å². The van der Waals surface area contributed by atoms with E-state index in [1.807, 2.05) is 18.3 Å². The van der Waals surface area contributed by atoms with Gasteiger partial charge in [0.15, 0.2) is 5.82 Å². The van der Waals surface area contributed by atoms with E-state index in [2.05, 4.69) is 29.7 Å². The van der Waals surface area contributed by atoms with Gasteiger partial charge in [-0.15, -0.1) is 0 Å². The molecule has 2 aliphatic heterocycles. The Morgan fingerprint density at radius 3 is 2.39 bits per heavy atom. The largest absolute Gasteiger partial charge is 0.470 e. The van der Waals surface area contributed by atoms with Crippen molar-refractivity contribution >= 4 is 5.82 Å². The van der Waals surface area contributed by atoms with E-state index in [-0.39, 0.29) is 0 Å². The Bertz CT molecular complexity index is 718. The standard InChI is InChI=1S/C20H28N6O2/c1-2-18(16-21-3-1)17-28-20-19(22-4-5-23-20)26-10-8-24(9-11-26)6-7-25-12-14-27-15-13-25/h1-5,16H,6-15,17H2. The Morgan fingerprint density at radius 2 is 1.64 bits per heavy atom. The summed E-state index contributed by atoms with van der Waals surface area (Å²) in [7, 11) is 0. The Balaban J connectivity index is 1.28. The van der Waals surface area contributed by atoms with Crippen molar-refractivity contribution in [2.24, 2.45) is 0 Å². The molecule has 2 aromatic rings. The molecule has 0 spiro atoms. The molecule has 4 rings (SSSR count). The molecule has 2 aromatic heterocycles. The molecular weight excluding hydrogens is 356 g/mol. The van der Waals surface area contributed by atoms with Gasteiger partial charge in [-0.1, -0.05) is 6.07 Å². The molecule has 0 aliphatic carbocycles. The molecule has 8 nitrogen and oxygen atoms in total. The van der Waals surface area contributed by atoms with Crippen molar-refractivity contribution in [3.8, 4) is 5.88 Å². The first kappa shape index (κ1) is 19.0. The fourth-order valence-electron chi connectivity index (χ4n) is 3.56. The van der Waals surface area contributed by atoms with E-state index in [4.69, 9.17) is 9.47 Å². The van der Waals surface area contributed by atoms with Crippen molar-refractivity contribution in [3.05, 3.63) is 42.5 Å². The third-order valence-electron chi connectivity index (χ3n) is 5.25. The summed E-state index contributed by atoms with van der Waals surface area (Å²) in [5, 5.41) is 0. The van der Waals surface area contributed by atoms with Gasteiger partial charge in [-0.05, 0) is 6.07 Å². The van der Waals surface area contributed by atoms with Crippen molar-refractivity contribution in [3.63, 3.8) is 0 Å². The minimum absolute atomic E-state index is 0.443. The minimum Gasteiger partial charge on any atom is -0.470 e. The molecular formula is C20H28N6O2. The molecule has 0 bridgehead atoms. The Labute approximate surface area is 166 Å². The second-order valence-electron chi connectivity index (χ2n) is 7.12. The molecule has 0 amide bonds. The van der Waals surface area contributed by atoms with Gasteiger partial charge in [0.2, 0.25) is 0 Å². The van der Waals surface area contributed by atoms with Crippen LogP contribution in [-0.2, 0) is 11.3 Å². The monoisotopic (exact) mass is 384 g/mol. The van der Waals surface area contributed by atoms with Crippen molar-refractivity contribution in [1.29, 1.82) is 0 Å². The summed E-state index contributed by atoms with van der Waals surface area (Å²) >= 11 is 0. The number of piperazine rings is 1. The first-order chi connectivity index (χ1) is 13.9. The van der Waals surface area contributed by atoms with E-state index in [1.165, 1.54) is 0 Å². The maximum absolute atomic E-state index is 5.94. The van der Waals surface area contributed by atoms with E-state index in [9.17, 15) is 0 Å². The molecule has 0 radical (unpaired) electrons. The predicted octanol–water partition coefficient (Wildman–Crippen LogP) is 0.905. The van der Waals surface area contributed by atoms with Crippen LogP contribution in [0, 0.1) is 0 Å². The number of pyridine rings is 1. The molecule has 0 N–H and O–H groups in total. The minimum atomic E-state index is 0.443. The summed E-state index contributed by atoms with van der Waals surface area (Å²) in [5.41, 5.74) is 1.02. The lowest BCUT2D eigenvalue weighted by atomic mass is 10.3. The maximum atomic E-state index is 5.94. The van der Waals surface area contributed by atoms with Crippen LogP contribution in [0.2, 0.25) is 0 Å². The molecule has 4 heterocycles. The maximum Gasteiger partial charge on any atom is 0.257 e. The zero-order valence-corrected chi connectivity index (χ0v) is 16.2. The number of anilines is 1. The molecule has 0 unspecified atom stereocenters. The van der Waals surface area contributed by atoms with Crippen LogP contribution in [0.5, 0.6) is 5.88 Å². The molecule has 2 aliphatic rings. The summed E-state index contributed by atoms with van der Waals surface area (Å²) in [5.74, 6) is 1.42. The number of hydrogen-bond donors (Lipinski definition) is 0. The second kappa shape index (κ2) is 9.77. The van der Waals surface area contributed by atoms with Crippen molar-refractivity contribution in [2.45, 2.75) is 6.61 Å². The van der Waals surface area contributed by atoms with Gasteiger partial charge in [0.25, 0.3) is 5.88 Å². The van der Waals surface area contributed by atoms with Gasteiger partial charge in [-0.2, -0.15) is 0 Å². The number of ether oxygens (including phenoxy) is 2. The number of hydrogen-bond acceptors (Lipinski definition) is 8. The number of nitrogens with zero attached hydrogens (tertiary/aromatic N) is 6. The fourth-order valence-corrected chi connectivity index (χ4v) is 3.56. The van der Waals surface area contributed by atoms with Gasteiger partial charge in [0.1, 0.15) is 6.61 Å². The lowest BCUT2D eigenvalue weighted by Gasteiger charge is -2.37. The van der Waals surface area contributed by atoms with Crippen LogP contribution >= 0.6 is 0 Å². The Kier molecular flexibility index (Phi) is 6.64. The average molecular weight is 384 g/mol. The quantitative estimate of drug-likeness (QED) is 0.698. The predicted molar refractivity (Wildman–Crippen MR) is 107 cm³/mol. The summed E-state index contributed by atoms with van der Waals surface area (Å²) < 4.78 is 11.4. The van der Waals surface area contributed by atoms with E-state index in [1.54, 1.807) is 18.6 Å². The highest BCUT2D eigenvalue weighted by atomic mass is 16.5. The fraction of sp³-hybridized carbons (Fsp3) is 0.550. The highest BCUT2D eigenvalue weighted by Crippen LogP contribution is 2.24. The van der Waals surface area contributed by atoms with E-state index in [0.717, 1.165) is 77.0 Å². The topological polar surface area (TPSA) is 66.9 Å². The second-order valence-corrected chi connectivity index (χ2v) is 7.12. The summed E-state index contributed by atoms with van der Waals surface area (Å²) in [4.78, 5) is 20.4. The molecule has 8 heteroatoms. The zero-order chi connectivity index (χ0) is 19.0. The number of aromatic nitrogens is 3. The first-order valence-corrected chi connectivity index (χ1v) is 9.98. The van der Waals surface area contributed by atoms with Crippen LogP contribution in [0.3, 0.4) is 0 Å².